The van der Waals surface area contributed by atoms with Gasteiger partial charge >= 0.3 is 5.97 Å². The zero-order valence-corrected chi connectivity index (χ0v) is 22.1. The van der Waals surface area contributed by atoms with Crippen LogP contribution in [0.25, 0.3) is 0 Å². The maximum absolute atomic E-state index is 12.0. The van der Waals surface area contributed by atoms with Crippen molar-refractivity contribution in [1.82, 2.24) is 5.32 Å². The van der Waals surface area contributed by atoms with Crippen LogP contribution in [0.3, 0.4) is 0 Å². The second-order valence-corrected chi connectivity index (χ2v) is 10.5. The molecule has 194 valence electrons. The van der Waals surface area contributed by atoms with Gasteiger partial charge in [0, 0.05) is 13.0 Å². The van der Waals surface area contributed by atoms with Crippen molar-refractivity contribution in [2.75, 3.05) is 6.54 Å². The lowest BCUT2D eigenvalue weighted by molar-refractivity contribution is -0.152. The van der Waals surface area contributed by atoms with E-state index in [-0.39, 0.29) is 30.8 Å². The van der Waals surface area contributed by atoms with Crippen LogP contribution in [0.15, 0.2) is 0 Å². The molecule has 0 unspecified atom stereocenters. The molecule has 1 aliphatic rings. The molecule has 4 heteroatoms. The van der Waals surface area contributed by atoms with Crippen molar-refractivity contribution in [3.8, 4) is 0 Å². The van der Waals surface area contributed by atoms with Gasteiger partial charge in [0.25, 0.3) is 0 Å². The highest BCUT2D eigenvalue weighted by atomic mass is 16.5. The maximum atomic E-state index is 12.0. The van der Waals surface area contributed by atoms with Crippen LogP contribution < -0.4 is 5.32 Å². The lowest BCUT2D eigenvalue weighted by Crippen LogP contribution is -2.27. The third-order valence-corrected chi connectivity index (χ3v) is 7.10. The second kappa shape index (κ2) is 21.5. The Morgan fingerprint density at radius 2 is 1.24 bits per heavy atom. The quantitative estimate of drug-likeness (QED) is 0.137. The van der Waals surface area contributed by atoms with Crippen molar-refractivity contribution < 1.29 is 14.3 Å². The average molecular weight is 466 g/mol. The fourth-order valence-corrected chi connectivity index (χ4v) is 4.94. The summed E-state index contributed by atoms with van der Waals surface area (Å²) in [5, 5.41) is 2.95. The van der Waals surface area contributed by atoms with Gasteiger partial charge in [-0.05, 0) is 31.6 Å². The van der Waals surface area contributed by atoms with Crippen molar-refractivity contribution in [3.63, 3.8) is 0 Å². The normalized spacial score (nSPS) is 18.2. The number of hydrogen-bond acceptors (Lipinski definition) is 3. The first kappa shape index (κ1) is 30.0. The van der Waals surface area contributed by atoms with Gasteiger partial charge in [0.1, 0.15) is 6.10 Å². The largest absolute Gasteiger partial charge is 0.462 e. The predicted octanol–water partition coefficient (Wildman–Crippen LogP) is 8.27. The molecule has 1 amide bonds. The Bertz CT molecular complexity index is 479. The highest BCUT2D eigenvalue weighted by molar-refractivity contribution is 5.81. The van der Waals surface area contributed by atoms with Gasteiger partial charge in [-0.3, -0.25) is 9.59 Å². The Labute approximate surface area is 205 Å². The van der Waals surface area contributed by atoms with E-state index in [0.29, 0.717) is 5.92 Å². The highest BCUT2D eigenvalue weighted by Gasteiger charge is 2.22. The summed E-state index contributed by atoms with van der Waals surface area (Å²) in [6, 6.07) is 0. The molecule has 0 heterocycles. The van der Waals surface area contributed by atoms with Crippen molar-refractivity contribution in [2.45, 2.75) is 161 Å². The Morgan fingerprint density at radius 3 is 1.76 bits per heavy atom. The van der Waals surface area contributed by atoms with Gasteiger partial charge < -0.3 is 10.1 Å². The molecule has 2 atom stereocenters. The summed E-state index contributed by atoms with van der Waals surface area (Å²) in [6.45, 7) is 5.22. The highest BCUT2D eigenvalue weighted by Crippen LogP contribution is 2.26. The maximum Gasteiger partial charge on any atom is 0.306 e. The van der Waals surface area contributed by atoms with E-state index in [9.17, 15) is 9.59 Å². The van der Waals surface area contributed by atoms with Crippen LogP contribution in [-0.2, 0) is 14.3 Å². The smallest absolute Gasteiger partial charge is 0.306 e. The molecule has 0 aliphatic heterocycles. The molecule has 1 N–H and O–H groups in total. The average Bonchev–Trinajstić information content (AvgIpc) is 2.79. The molecule has 1 saturated carbocycles. The van der Waals surface area contributed by atoms with Crippen LogP contribution in [0.5, 0.6) is 0 Å². The summed E-state index contributed by atoms with van der Waals surface area (Å²) in [6.07, 6.45) is 26.5. The molecule has 0 radical (unpaired) electrons. The van der Waals surface area contributed by atoms with Crippen molar-refractivity contribution in [1.29, 1.82) is 0 Å². The lowest BCUT2D eigenvalue weighted by atomic mass is 9.89. The predicted molar refractivity (Wildman–Crippen MR) is 139 cm³/mol. The third-order valence-electron chi connectivity index (χ3n) is 7.10. The Kier molecular flexibility index (Phi) is 19.5. The second-order valence-electron chi connectivity index (χ2n) is 10.5. The fourth-order valence-electron chi connectivity index (χ4n) is 4.94. The third kappa shape index (κ3) is 19.0. The molecule has 0 aromatic carbocycles. The number of carbonyl (C=O) groups is 2. The first-order chi connectivity index (χ1) is 16.1. The summed E-state index contributed by atoms with van der Waals surface area (Å²) in [4.78, 5) is 23.9. The van der Waals surface area contributed by atoms with Gasteiger partial charge in [-0.25, -0.2) is 0 Å². The molecule has 0 saturated heterocycles. The van der Waals surface area contributed by atoms with Crippen molar-refractivity contribution in [3.05, 3.63) is 0 Å². The molecule has 0 bridgehead atoms. The van der Waals surface area contributed by atoms with Crippen LogP contribution in [0, 0.1) is 5.92 Å². The van der Waals surface area contributed by atoms with E-state index in [1.165, 1.54) is 103 Å². The van der Waals surface area contributed by atoms with Gasteiger partial charge in [0.15, 0.2) is 0 Å². The number of unbranched alkanes of at least 4 members (excludes halogenated alkanes) is 15. The molecule has 33 heavy (non-hydrogen) atoms. The zero-order valence-electron chi connectivity index (χ0n) is 22.1. The Hall–Kier alpha value is -1.06. The number of hydrogen-bond donors (Lipinski definition) is 1. The van der Waals surface area contributed by atoms with Crippen molar-refractivity contribution in [2.24, 2.45) is 5.92 Å². The minimum absolute atomic E-state index is 0.0232. The Morgan fingerprint density at radius 1 is 0.727 bits per heavy atom. The minimum atomic E-state index is -0.216. The monoisotopic (exact) mass is 465 g/mol. The standard InChI is InChI=1S/C29H55NO3/c1-3-4-5-6-7-8-9-10-11-12-13-14-15-16-17-18-24-30-28(31)22-23-29(32)33-27-21-19-20-26(2)25-27/h26-27H,3-25H2,1-2H3,(H,30,31)/t26-,27-/m1/s1. The molecule has 1 rings (SSSR count). The molecule has 1 aliphatic carbocycles. The number of esters is 1. The molecule has 4 nitrogen and oxygen atoms in total. The minimum Gasteiger partial charge on any atom is -0.462 e. The van der Waals surface area contributed by atoms with Crippen LogP contribution in [0.1, 0.15) is 155 Å². The number of amides is 1. The number of nitrogens with one attached hydrogen (secondary N) is 1. The van der Waals surface area contributed by atoms with Gasteiger partial charge in [-0.1, -0.05) is 117 Å². The SMILES string of the molecule is CCCCCCCCCCCCCCCCCCNC(=O)CCC(=O)O[C@@H]1CCC[C@@H](C)C1. The van der Waals surface area contributed by atoms with E-state index in [4.69, 9.17) is 4.74 Å². The van der Waals surface area contributed by atoms with Crippen LogP contribution in [0.4, 0.5) is 0 Å². The summed E-state index contributed by atoms with van der Waals surface area (Å²) in [5.74, 6) is 0.399. The summed E-state index contributed by atoms with van der Waals surface area (Å²) >= 11 is 0. The van der Waals surface area contributed by atoms with Gasteiger partial charge in [-0.15, -0.1) is 0 Å². The van der Waals surface area contributed by atoms with Crippen LogP contribution in [-0.4, -0.2) is 24.5 Å². The summed E-state index contributed by atoms with van der Waals surface area (Å²) < 4.78 is 5.53. The van der Waals surface area contributed by atoms with Crippen LogP contribution >= 0.6 is 0 Å². The van der Waals surface area contributed by atoms with E-state index in [0.717, 1.165) is 32.2 Å². The van der Waals surface area contributed by atoms with E-state index in [1.54, 1.807) is 0 Å². The molecule has 0 spiro atoms. The zero-order chi connectivity index (χ0) is 24.0. The topological polar surface area (TPSA) is 55.4 Å². The van der Waals surface area contributed by atoms with Crippen molar-refractivity contribution >= 4 is 11.9 Å². The van der Waals surface area contributed by atoms with E-state index in [2.05, 4.69) is 19.2 Å². The summed E-state index contributed by atoms with van der Waals surface area (Å²) in [5.41, 5.74) is 0. The van der Waals surface area contributed by atoms with E-state index < -0.39 is 0 Å². The molecular formula is C29H55NO3. The van der Waals surface area contributed by atoms with Gasteiger partial charge in [0.05, 0.1) is 6.42 Å². The number of rotatable bonds is 21. The van der Waals surface area contributed by atoms with Gasteiger partial charge in [-0.2, -0.15) is 0 Å². The van der Waals surface area contributed by atoms with E-state index in [1.807, 2.05) is 0 Å². The fraction of sp³-hybridized carbons (Fsp3) is 0.931. The molecular weight excluding hydrogens is 410 g/mol. The van der Waals surface area contributed by atoms with Crippen LogP contribution in [0.2, 0.25) is 0 Å². The summed E-state index contributed by atoms with van der Waals surface area (Å²) in [7, 11) is 0. The van der Waals surface area contributed by atoms with E-state index >= 15 is 0 Å². The lowest BCUT2D eigenvalue weighted by Gasteiger charge is -2.26. The first-order valence-corrected chi connectivity index (χ1v) is 14.6. The Balaban J connectivity index is 1.79. The first-order valence-electron chi connectivity index (χ1n) is 14.6. The molecule has 1 fully saturated rings. The molecule has 0 aromatic rings. The number of ether oxygens (including phenoxy) is 1. The number of carbonyl (C=O) groups excluding carboxylic acids is 2. The molecule has 0 aromatic heterocycles. The van der Waals surface area contributed by atoms with Gasteiger partial charge in [0.2, 0.25) is 5.91 Å².